The highest BCUT2D eigenvalue weighted by atomic mass is 79.9. The van der Waals surface area contributed by atoms with Crippen molar-refractivity contribution in [2.75, 3.05) is 7.11 Å². The fraction of sp³-hybridized carbons (Fsp3) is 0.143. The molecule has 0 atom stereocenters. The van der Waals surface area contributed by atoms with Crippen LogP contribution in [0.2, 0.25) is 0 Å². The van der Waals surface area contributed by atoms with E-state index in [-0.39, 0.29) is 17.7 Å². The quantitative estimate of drug-likeness (QED) is 0.179. The third kappa shape index (κ3) is 6.11. The first-order chi connectivity index (χ1) is 17.4. The molecule has 2 amide bonds. The van der Waals surface area contributed by atoms with Crippen LogP contribution in [0.4, 0.5) is 4.79 Å². The van der Waals surface area contributed by atoms with Gasteiger partial charge in [0, 0.05) is 14.5 Å². The molecule has 0 N–H and O–H groups in total. The van der Waals surface area contributed by atoms with Gasteiger partial charge < -0.3 is 9.47 Å². The van der Waals surface area contributed by atoms with E-state index in [1.165, 1.54) is 4.90 Å². The molecule has 1 aliphatic rings. The molecule has 4 rings (SSSR count). The molecule has 0 unspecified atom stereocenters. The number of ether oxygens (including phenoxy) is 2. The summed E-state index contributed by atoms with van der Waals surface area (Å²) in [6.07, 6.45) is 4.06. The molecule has 0 aliphatic carbocycles. The van der Waals surface area contributed by atoms with E-state index in [0.29, 0.717) is 29.4 Å². The van der Waals surface area contributed by atoms with Crippen molar-refractivity contribution < 1.29 is 19.1 Å². The molecular weight excluding hydrogens is 606 g/mol. The Bertz CT molecular complexity index is 1340. The fourth-order valence-corrected chi connectivity index (χ4v) is 5.22. The summed E-state index contributed by atoms with van der Waals surface area (Å²) in [6.45, 7) is 4.44. The number of rotatable bonds is 9. The van der Waals surface area contributed by atoms with Gasteiger partial charge in [-0.05, 0) is 71.3 Å². The molecule has 0 bridgehead atoms. The number of hydrogen-bond acceptors (Lipinski definition) is 5. The zero-order chi connectivity index (χ0) is 25.7. The van der Waals surface area contributed by atoms with Crippen LogP contribution >= 0.6 is 43.6 Å². The highest BCUT2D eigenvalue weighted by molar-refractivity contribution is 9.10. The first-order valence-corrected chi connectivity index (χ1v) is 13.5. The Balaban J connectivity index is 1.59. The number of amides is 2. The Morgan fingerprint density at radius 3 is 2.47 bits per heavy atom. The lowest BCUT2D eigenvalue weighted by Crippen LogP contribution is -2.27. The van der Waals surface area contributed by atoms with E-state index in [1.54, 1.807) is 19.3 Å². The largest absolute Gasteiger partial charge is 0.493 e. The maximum atomic E-state index is 13.1. The molecule has 1 heterocycles. The van der Waals surface area contributed by atoms with Crippen molar-refractivity contribution in [3.8, 4) is 11.5 Å². The van der Waals surface area contributed by atoms with Gasteiger partial charge >= 0.3 is 0 Å². The second-order valence-electron chi connectivity index (χ2n) is 7.98. The number of thioether (sulfide) groups is 1. The Morgan fingerprint density at radius 1 is 1.03 bits per heavy atom. The van der Waals surface area contributed by atoms with Gasteiger partial charge in [0.1, 0.15) is 6.61 Å². The number of halogens is 2. The number of hydrogen-bond donors (Lipinski definition) is 0. The van der Waals surface area contributed by atoms with Crippen LogP contribution in [0.3, 0.4) is 0 Å². The molecule has 8 heteroatoms. The van der Waals surface area contributed by atoms with Gasteiger partial charge in [-0.15, -0.1) is 6.58 Å². The smallest absolute Gasteiger partial charge is 0.293 e. The number of imide groups is 1. The molecule has 5 nitrogen and oxygen atoms in total. The van der Waals surface area contributed by atoms with Gasteiger partial charge in [0.15, 0.2) is 11.5 Å². The summed E-state index contributed by atoms with van der Waals surface area (Å²) < 4.78 is 13.6. The second kappa shape index (κ2) is 12.0. The summed E-state index contributed by atoms with van der Waals surface area (Å²) in [5.74, 6) is 0.852. The Labute approximate surface area is 231 Å². The lowest BCUT2D eigenvalue weighted by atomic mass is 10.0. The standard InChI is InChI=1S/C28H23Br2NO4S/c1-3-6-20-13-19(14-24(34-2)26(20)35-17-18-9-11-22(29)12-10-18)15-25-27(32)31(28(33)36-25)16-21-7-4-5-8-23(21)30/h3-5,7-15H,1,6,16-17H2,2H3/b25-15-. The molecule has 36 heavy (non-hydrogen) atoms. The molecular formula is C28H23Br2NO4S. The first-order valence-electron chi connectivity index (χ1n) is 11.1. The second-order valence-corrected chi connectivity index (χ2v) is 10.7. The summed E-state index contributed by atoms with van der Waals surface area (Å²) in [4.78, 5) is 27.3. The van der Waals surface area contributed by atoms with E-state index < -0.39 is 0 Å². The third-order valence-corrected chi connectivity index (χ3v) is 7.70. The Kier molecular flexibility index (Phi) is 8.72. The van der Waals surface area contributed by atoms with Crippen molar-refractivity contribution in [1.29, 1.82) is 0 Å². The van der Waals surface area contributed by atoms with Crippen LogP contribution in [0.25, 0.3) is 6.08 Å². The van der Waals surface area contributed by atoms with E-state index >= 15 is 0 Å². The summed E-state index contributed by atoms with van der Waals surface area (Å²) >= 11 is 7.86. The summed E-state index contributed by atoms with van der Waals surface area (Å²) in [5, 5.41) is -0.297. The van der Waals surface area contributed by atoms with Gasteiger partial charge in [-0.25, -0.2) is 0 Å². The van der Waals surface area contributed by atoms with Gasteiger partial charge in [-0.3, -0.25) is 14.5 Å². The third-order valence-electron chi connectivity index (χ3n) is 5.49. The van der Waals surface area contributed by atoms with E-state index in [2.05, 4.69) is 38.4 Å². The fourth-order valence-electron chi connectivity index (χ4n) is 3.71. The predicted octanol–water partition coefficient (Wildman–Crippen LogP) is 7.76. The van der Waals surface area contributed by atoms with Gasteiger partial charge in [0.25, 0.3) is 11.1 Å². The summed E-state index contributed by atoms with van der Waals surface area (Å²) in [7, 11) is 1.58. The van der Waals surface area contributed by atoms with E-state index in [9.17, 15) is 9.59 Å². The highest BCUT2D eigenvalue weighted by Crippen LogP contribution is 2.38. The molecule has 3 aromatic carbocycles. The van der Waals surface area contributed by atoms with Crippen molar-refractivity contribution >= 4 is 60.8 Å². The maximum absolute atomic E-state index is 13.1. The van der Waals surface area contributed by atoms with Crippen molar-refractivity contribution in [2.24, 2.45) is 0 Å². The number of allylic oxidation sites excluding steroid dienone is 1. The Morgan fingerprint density at radius 2 is 1.78 bits per heavy atom. The molecule has 1 saturated heterocycles. The molecule has 1 fully saturated rings. The molecule has 3 aromatic rings. The molecule has 0 saturated carbocycles. The molecule has 1 aliphatic heterocycles. The monoisotopic (exact) mass is 627 g/mol. The normalized spacial score (nSPS) is 14.4. The minimum absolute atomic E-state index is 0.206. The average Bonchev–Trinajstić information content (AvgIpc) is 3.12. The first kappa shape index (κ1) is 26.3. The molecule has 0 spiro atoms. The molecule has 0 aromatic heterocycles. The zero-order valence-corrected chi connectivity index (χ0v) is 23.5. The molecule has 184 valence electrons. The van der Waals surface area contributed by atoms with Gasteiger partial charge in [0.05, 0.1) is 18.6 Å². The number of carbonyl (C=O) groups is 2. The number of carbonyl (C=O) groups excluding carboxylic acids is 2. The molecule has 0 radical (unpaired) electrons. The Hall–Kier alpha value is -2.81. The average molecular weight is 629 g/mol. The van der Waals surface area contributed by atoms with Crippen LogP contribution in [0.5, 0.6) is 11.5 Å². The van der Waals surface area contributed by atoms with Crippen molar-refractivity contribution in [3.05, 3.63) is 109 Å². The van der Waals surface area contributed by atoms with Gasteiger partial charge in [0.2, 0.25) is 0 Å². The van der Waals surface area contributed by atoms with Crippen LogP contribution in [0.1, 0.15) is 22.3 Å². The van der Waals surface area contributed by atoms with Crippen LogP contribution in [-0.4, -0.2) is 23.2 Å². The van der Waals surface area contributed by atoms with Crippen molar-refractivity contribution in [3.63, 3.8) is 0 Å². The highest BCUT2D eigenvalue weighted by Gasteiger charge is 2.35. The number of benzene rings is 3. The SMILES string of the molecule is C=CCc1cc(/C=C2\SC(=O)N(Cc3ccccc3Br)C2=O)cc(OC)c1OCc1ccc(Br)cc1. The summed E-state index contributed by atoms with van der Waals surface area (Å²) in [6, 6.07) is 19.2. The lowest BCUT2D eigenvalue weighted by molar-refractivity contribution is -0.123. The number of methoxy groups -OCH3 is 1. The lowest BCUT2D eigenvalue weighted by Gasteiger charge is -2.16. The summed E-state index contributed by atoms with van der Waals surface area (Å²) in [5.41, 5.74) is 3.50. The van der Waals surface area contributed by atoms with Crippen LogP contribution in [-0.2, 0) is 24.4 Å². The predicted molar refractivity (Wildman–Crippen MR) is 151 cm³/mol. The van der Waals surface area contributed by atoms with E-state index in [1.807, 2.05) is 60.7 Å². The van der Waals surface area contributed by atoms with Crippen LogP contribution < -0.4 is 9.47 Å². The van der Waals surface area contributed by atoms with Gasteiger partial charge in [-0.1, -0.05) is 68.3 Å². The van der Waals surface area contributed by atoms with Crippen LogP contribution in [0.15, 0.2) is 87.2 Å². The maximum Gasteiger partial charge on any atom is 0.293 e. The minimum atomic E-state index is -0.319. The van der Waals surface area contributed by atoms with E-state index in [4.69, 9.17) is 9.47 Å². The minimum Gasteiger partial charge on any atom is -0.493 e. The van der Waals surface area contributed by atoms with Crippen molar-refractivity contribution in [2.45, 2.75) is 19.6 Å². The van der Waals surface area contributed by atoms with Gasteiger partial charge in [-0.2, -0.15) is 0 Å². The van der Waals surface area contributed by atoms with E-state index in [0.717, 1.165) is 43.0 Å². The number of nitrogens with zero attached hydrogens (tertiary/aromatic N) is 1. The van der Waals surface area contributed by atoms with Crippen LogP contribution in [0, 0.1) is 0 Å². The topological polar surface area (TPSA) is 55.8 Å². The zero-order valence-electron chi connectivity index (χ0n) is 19.5. The van der Waals surface area contributed by atoms with Crippen molar-refractivity contribution in [1.82, 2.24) is 4.90 Å².